The Balaban J connectivity index is 1.85. The predicted molar refractivity (Wildman–Crippen MR) is 91.6 cm³/mol. The van der Waals surface area contributed by atoms with Crippen LogP contribution in [-0.4, -0.2) is 23.3 Å². The fourth-order valence-electron chi connectivity index (χ4n) is 3.92. The summed E-state index contributed by atoms with van der Waals surface area (Å²) in [7, 11) is 0. The van der Waals surface area contributed by atoms with Gasteiger partial charge >= 0.3 is 5.69 Å². The topological polar surface area (TPSA) is 102 Å². The zero-order valence-electron chi connectivity index (χ0n) is 15.3. The van der Waals surface area contributed by atoms with Crippen molar-refractivity contribution in [3.8, 4) is 5.75 Å². The van der Waals surface area contributed by atoms with Crippen LogP contribution in [0.15, 0.2) is 18.2 Å². The number of ether oxygens (including phenoxy) is 2. The van der Waals surface area contributed by atoms with Gasteiger partial charge in [0.25, 0.3) is 0 Å². The lowest BCUT2D eigenvalue weighted by molar-refractivity contribution is -0.386. The van der Waals surface area contributed by atoms with Gasteiger partial charge < -0.3 is 19.4 Å². The summed E-state index contributed by atoms with van der Waals surface area (Å²) in [4.78, 5) is 21.8. The van der Waals surface area contributed by atoms with Crippen LogP contribution in [0.2, 0.25) is 0 Å². The molecule has 4 atom stereocenters. The fourth-order valence-corrected chi connectivity index (χ4v) is 3.92. The lowest BCUT2D eigenvalue weighted by Crippen LogP contribution is -2.39. The summed E-state index contributed by atoms with van der Waals surface area (Å²) in [5.74, 6) is -0.315. The number of nitrogens with zero attached hydrogens (tertiary/aromatic N) is 1. The molecular formula is C19H24NO6-. The minimum absolute atomic E-state index is 0.0846. The molecule has 2 fully saturated rings. The predicted octanol–water partition coefficient (Wildman–Crippen LogP) is 2.91. The van der Waals surface area contributed by atoms with Crippen LogP contribution in [0.4, 0.5) is 5.69 Å². The van der Waals surface area contributed by atoms with E-state index < -0.39 is 22.6 Å². The van der Waals surface area contributed by atoms with E-state index in [1.54, 1.807) is 0 Å². The van der Waals surface area contributed by atoms with Gasteiger partial charge in [-0.15, -0.1) is 0 Å². The maximum atomic E-state index is 11.3. The number of carbonyl (C=O) groups is 1. The van der Waals surface area contributed by atoms with E-state index >= 15 is 0 Å². The normalized spacial score (nSPS) is 25.9. The molecule has 0 spiro atoms. The molecule has 0 aromatic heterocycles. The molecule has 0 amide bonds. The van der Waals surface area contributed by atoms with E-state index in [1.165, 1.54) is 12.8 Å². The second-order valence-corrected chi connectivity index (χ2v) is 8.39. The van der Waals surface area contributed by atoms with Crippen LogP contribution in [0.3, 0.4) is 0 Å². The van der Waals surface area contributed by atoms with Crippen LogP contribution in [0.25, 0.3) is 0 Å². The van der Waals surface area contributed by atoms with Crippen molar-refractivity contribution in [2.24, 2.45) is 17.3 Å². The highest BCUT2D eigenvalue weighted by Gasteiger charge is 2.43. The molecule has 3 rings (SSSR count). The van der Waals surface area contributed by atoms with Crippen molar-refractivity contribution in [1.82, 2.24) is 0 Å². The second kappa shape index (κ2) is 6.87. The van der Waals surface area contributed by atoms with Gasteiger partial charge in [-0.2, -0.15) is 0 Å². The largest absolute Gasteiger partial charge is 0.545 e. The van der Waals surface area contributed by atoms with Gasteiger partial charge in [0, 0.05) is 17.0 Å². The molecule has 2 aliphatic rings. The maximum Gasteiger partial charge on any atom is 0.311 e. The molecule has 26 heavy (non-hydrogen) atoms. The van der Waals surface area contributed by atoms with Crippen LogP contribution >= 0.6 is 0 Å². The number of carboxylic acid groups (broad SMARTS) is 1. The molecule has 7 heteroatoms. The number of hydrogen-bond donors (Lipinski definition) is 0. The number of carboxylic acids is 1. The molecule has 2 bridgehead atoms. The Morgan fingerprint density at radius 1 is 1.27 bits per heavy atom. The molecule has 7 nitrogen and oxygen atoms in total. The van der Waals surface area contributed by atoms with Gasteiger partial charge in [0.2, 0.25) is 12.0 Å². The molecule has 0 saturated heterocycles. The summed E-state index contributed by atoms with van der Waals surface area (Å²) in [6.07, 6.45) is 3.91. The number of hydrogen-bond acceptors (Lipinski definition) is 6. The SMILES string of the molecule is CC(C)(C)C(Oc1cc(C(=O)[O-])ccc1[N+](=O)[O-])OC1CC2CCC1C2. The van der Waals surface area contributed by atoms with Crippen LogP contribution in [0.5, 0.6) is 5.75 Å². The first-order valence-electron chi connectivity index (χ1n) is 8.97. The first kappa shape index (κ1) is 18.6. The van der Waals surface area contributed by atoms with Gasteiger partial charge in [-0.25, -0.2) is 0 Å². The number of rotatable bonds is 6. The standard InChI is InChI=1S/C19H25NO6/c1-19(2,3)18(25-15-9-11-4-5-12(15)8-11)26-16-10-13(17(21)22)6-7-14(16)20(23)24/h6-7,10-12,15,18H,4-5,8-9H2,1-3H3,(H,21,22)/p-1. The minimum Gasteiger partial charge on any atom is -0.545 e. The van der Waals surface area contributed by atoms with E-state index in [-0.39, 0.29) is 23.1 Å². The van der Waals surface area contributed by atoms with Gasteiger partial charge in [-0.3, -0.25) is 10.1 Å². The van der Waals surface area contributed by atoms with E-state index in [1.807, 2.05) is 20.8 Å². The quantitative estimate of drug-likeness (QED) is 0.438. The van der Waals surface area contributed by atoms with Crippen molar-refractivity contribution >= 4 is 11.7 Å². The van der Waals surface area contributed by atoms with E-state index in [0.717, 1.165) is 31.0 Å². The molecule has 2 aliphatic carbocycles. The average Bonchev–Trinajstić information content (AvgIpc) is 3.15. The van der Waals surface area contributed by atoms with Crippen molar-refractivity contribution in [1.29, 1.82) is 0 Å². The Kier molecular flexibility index (Phi) is 4.92. The zero-order valence-corrected chi connectivity index (χ0v) is 15.3. The molecule has 0 radical (unpaired) electrons. The van der Waals surface area contributed by atoms with Crippen molar-refractivity contribution < 1.29 is 24.3 Å². The van der Waals surface area contributed by atoms with Gasteiger partial charge in [-0.05, 0) is 49.7 Å². The average molecular weight is 362 g/mol. The van der Waals surface area contributed by atoms with Crippen molar-refractivity contribution in [3.63, 3.8) is 0 Å². The molecular weight excluding hydrogens is 338 g/mol. The number of carbonyl (C=O) groups excluding carboxylic acids is 1. The van der Waals surface area contributed by atoms with Gasteiger partial charge in [0.15, 0.2) is 0 Å². The van der Waals surface area contributed by atoms with Crippen LogP contribution in [0.1, 0.15) is 56.8 Å². The molecule has 1 aromatic carbocycles. The Morgan fingerprint density at radius 2 is 2.00 bits per heavy atom. The zero-order chi connectivity index (χ0) is 19.1. The van der Waals surface area contributed by atoms with Crippen molar-refractivity contribution in [3.05, 3.63) is 33.9 Å². The first-order chi connectivity index (χ1) is 12.1. The summed E-state index contributed by atoms with van der Waals surface area (Å²) >= 11 is 0. The van der Waals surface area contributed by atoms with Gasteiger partial charge in [0.1, 0.15) is 0 Å². The van der Waals surface area contributed by atoms with E-state index in [4.69, 9.17) is 9.47 Å². The molecule has 1 aromatic rings. The first-order valence-corrected chi connectivity index (χ1v) is 8.97. The third kappa shape index (κ3) is 3.82. The number of benzene rings is 1. The van der Waals surface area contributed by atoms with E-state index in [0.29, 0.717) is 11.8 Å². The maximum absolute atomic E-state index is 11.3. The van der Waals surface area contributed by atoms with Crippen molar-refractivity contribution in [2.75, 3.05) is 0 Å². The highest BCUT2D eigenvalue weighted by Crippen LogP contribution is 2.47. The highest BCUT2D eigenvalue weighted by molar-refractivity contribution is 5.87. The summed E-state index contributed by atoms with van der Waals surface area (Å²) in [5.41, 5.74) is -0.897. The monoisotopic (exact) mass is 362 g/mol. The molecule has 4 unspecified atom stereocenters. The molecule has 0 N–H and O–H groups in total. The Morgan fingerprint density at radius 3 is 2.50 bits per heavy atom. The number of nitro groups is 1. The third-order valence-corrected chi connectivity index (χ3v) is 5.30. The number of fused-ring (bicyclic) bond motifs is 2. The molecule has 0 aliphatic heterocycles. The summed E-state index contributed by atoms with van der Waals surface area (Å²) < 4.78 is 12.1. The summed E-state index contributed by atoms with van der Waals surface area (Å²) in [6, 6.07) is 3.40. The van der Waals surface area contributed by atoms with E-state index in [2.05, 4.69) is 0 Å². The smallest absolute Gasteiger partial charge is 0.311 e. The lowest BCUT2D eigenvalue weighted by Gasteiger charge is -2.35. The molecule has 142 valence electrons. The Labute approximate surface area is 152 Å². The van der Waals surface area contributed by atoms with Gasteiger partial charge in [0.05, 0.1) is 17.0 Å². The van der Waals surface area contributed by atoms with Crippen LogP contribution in [0, 0.1) is 27.4 Å². The van der Waals surface area contributed by atoms with E-state index in [9.17, 15) is 20.0 Å². The minimum atomic E-state index is -1.41. The van der Waals surface area contributed by atoms with Crippen LogP contribution in [-0.2, 0) is 4.74 Å². The fraction of sp³-hybridized carbons (Fsp3) is 0.632. The Hall–Kier alpha value is -2.15. The highest BCUT2D eigenvalue weighted by atomic mass is 16.7. The third-order valence-electron chi connectivity index (χ3n) is 5.30. The Bertz CT molecular complexity index is 710. The lowest BCUT2D eigenvalue weighted by atomic mass is 9.94. The number of aromatic carboxylic acids is 1. The molecule has 2 saturated carbocycles. The van der Waals surface area contributed by atoms with Crippen LogP contribution < -0.4 is 9.84 Å². The second-order valence-electron chi connectivity index (χ2n) is 8.39. The van der Waals surface area contributed by atoms with Gasteiger partial charge in [-0.1, -0.05) is 20.8 Å². The summed E-state index contributed by atoms with van der Waals surface area (Å²) in [5, 5.41) is 22.4. The summed E-state index contributed by atoms with van der Waals surface area (Å²) in [6.45, 7) is 5.79. The van der Waals surface area contributed by atoms with Crippen molar-refractivity contribution in [2.45, 2.75) is 58.8 Å². The number of nitro benzene ring substituents is 1. The molecule has 0 heterocycles.